The van der Waals surface area contributed by atoms with E-state index in [4.69, 9.17) is 4.74 Å². The first-order valence-corrected chi connectivity index (χ1v) is 9.42. The van der Waals surface area contributed by atoms with Gasteiger partial charge in [0.1, 0.15) is 12.4 Å². The summed E-state index contributed by atoms with van der Waals surface area (Å²) in [7, 11) is 0. The zero-order valence-corrected chi connectivity index (χ0v) is 15.7. The van der Waals surface area contributed by atoms with Gasteiger partial charge in [0.05, 0.1) is 6.54 Å². The maximum absolute atomic E-state index is 12.1. The third-order valence-electron chi connectivity index (χ3n) is 4.77. The smallest absolute Gasteiger partial charge is 0.220 e. The van der Waals surface area contributed by atoms with Crippen LogP contribution >= 0.6 is 0 Å². The van der Waals surface area contributed by atoms with Crippen molar-refractivity contribution >= 4 is 11.8 Å². The van der Waals surface area contributed by atoms with Gasteiger partial charge in [0.15, 0.2) is 0 Å². The van der Waals surface area contributed by atoms with Crippen LogP contribution in [0.1, 0.15) is 30.0 Å². The maximum atomic E-state index is 12.1. The van der Waals surface area contributed by atoms with Crippen LogP contribution in [-0.4, -0.2) is 36.4 Å². The molecule has 5 heteroatoms. The minimum absolute atomic E-state index is 0.0506. The molecule has 0 spiro atoms. The van der Waals surface area contributed by atoms with E-state index in [0.717, 1.165) is 23.3 Å². The van der Waals surface area contributed by atoms with Gasteiger partial charge in [-0.2, -0.15) is 0 Å². The molecule has 1 aliphatic rings. The molecule has 1 N–H and O–H groups in total. The summed E-state index contributed by atoms with van der Waals surface area (Å²) in [6, 6.07) is 16.1. The number of ether oxygens (including phenoxy) is 1. The molecule has 1 aliphatic heterocycles. The van der Waals surface area contributed by atoms with Crippen molar-refractivity contribution in [3.05, 3.63) is 65.2 Å². The Balaban J connectivity index is 1.49. The summed E-state index contributed by atoms with van der Waals surface area (Å²) < 4.78 is 5.73. The first-order chi connectivity index (χ1) is 13.1. The fraction of sp³-hybridized carbons (Fsp3) is 0.364. The van der Waals surface area contributed by atoms with Crippen LogP contribution in [-0.2, 0) is 29.0 Å². The second-order valence-electron chi connectivity index (χ2n) is 6.82. The number of rotatable bonds is 6. The highest BCUT2D eigenvalue weighted by Gasteiger charge is 2.17. The van der Waals surface area contributed by atoms with Crippen LogP contribution in [0.5, 0.6) is 5.75 Å². The van der Waals surface area contributed by atoms with E-state index in [1.807, 2.05) is 36.4 Å². The molecule has 0 atom stereocenters. The molecule has 0 bridgehead atoms. The molecule has 2 aromatic carbocycles. The van der Waals surface area contributed by atoms with Gasteiger partial charge in [-0.1, -0.05) is 42.5 Å². The van der Waals surface area contributed by atoms with Gasteiger partial charge < -0.3 is 15.0 Å². The predicted molar refractivity (Wildman–Crippen MR) is 105 cm³/mol. The van der Waals surface area contributed by atoms with Crippen molar-refractivity contribution in [1.29, 1.82) is 0 Å². The number of carbonyl (C=O) groups is 2. The zero-order valence-electron chi connectivity index (χ0n) is 15.7. The number of hydrogen-bond donors (Lipinski definition) is 1. The summed E-state index contributed by atoms with van der Waals surface area (Å²) in [4.78, 5) is 25.6. The second-order valence-corrected chi connectivity index (χ2v) is 6.82. The molecule has 0 unspecified atom stereocenters. The Labute approximate surface area is 160 Å². The van der Waals surface area contributed by atoms with Gasteiger partial charge in [-0.15, -0.1) is 0 Å². The number of fused-ring (bicyclic) bond motifs is 1. The van der Waals surface area contributed by atoms with E-state index in [-0.39, 0.29) is 11.8 Å². The summed E-state index contributed by atoms with van der Waals surface area (Å²) in [6.07, 6.45) is 1.96. The van der Waals surface area contributed by atoms with Gasteiger partial charge in [-0.3, -0.25) is 9.59 Å². The van der Waals surface area contributed by atoms with E-state index >= 15 is 0 Å². The van der Waals surface area contributed by atoms with E-state index in [1.54, 1.807) is 11.8 Å². The first kappa shape index (κ1) is 19.0. The molecule has 0 aromatic heterocycles. The highest BCUT2D eigenvalue weighted by molar-refractivity contribution is 5.76. The van der Waals surface area contributed by atoms with Gasteiger partial charge in [0.2, 0.25) is 11.8 Å². The molecule has 0 saturated heterocycles. The van der Waals surface area contributed by atoms with Crippen LogP contribution in [0.3, 0.4) is 0 Å². The average Bonchev–Trinajstić information content (AvgIpc) is 2.89. The van der Waals surface area contributed by atoms with Crippen LogP contribution in [0.15, 0.2) is 48.5 Å². The molecule has 0 saturated carbocycles. The molecule has 2 aromatic rings. The summed E-state index contributed by atoms with van der Waals surface area (Å²) in [5.41, 5.74) is 3.31. The van der Waals surface area contributed by atoms with Crippen LogP contribution in [0.4, 0.5) is 0 Å². The number of aryl methyl sites for hydroxylation is 1. The monoisotopic (exact) mass is 366 g/mol. The topological polar surface area (TPSA) is 58.6 Å². The summed E-state index contributed by atoms with van der Waals surface area (Å²) in [6.45, 7) is 3.89. The normalized spacial score (nSPS) is 13.3. The predicted octanol–water partition coefficient (Wildman–Crippen LogP) is 2.72. The number of hydrogen-bond acceptors (Lipinski definition) is 3. The lowest BCUT2D eigenvalue weighted by molar-refractivity contribution is -0.129. The highest BCUT2D eigenvalue weighted by Crippen LogP contribution is 2.25. The number of amides is 2. The Morgan fingerprint density at radius 2 is 1.89 bits per heavy atom. The minimum Gasteiger partial charge on any atom is -0.491 e. The average molecular weight is 366 g/mol. The molecule has 2 amide bonds. The van der Waals surface area contributed by atoms with Gasteiger partial charge in [0.25, 0.3) is 0 Å². The third-order valence-corrected chi connectivity index (χ3v) is 4.77. The summed E-state index contributed by atoms with van der Waals surface area (Å²) in [5.74, 6) is 0.937. The number of benzene rings is 2. The van der Waals surface area contributed by atoms with Gasteiger partial charge in [-0.25, -0.2) is 0 Å². The van der Waals surface area contributed by atoms with E-state index in [9.17, 15) is 9.59 Å². The fourth-order valence-corrected chi connectivity index (χ4v) is 3.21. The highest BCUT2D eigenvalue weighted by atomic mass is 16.5. The molecule has 0 aliphatic carbocycles. The van der Waals surface area contributed by atoms with Crippen molar-refractivity contribution in [2.45, 2.75) is 32.7 Å². The molecule has 142 valence electrons. The van der Waals surface area contributed by atoms with Gasteiger partial charge in [0, 0.05) is 32.0 Å². The van der Waals surface area contributed by atoms with Crippen molar-refractivity contribution in [3.63, 3.8) is 0 Å². The molecule has 27 heavy (non-hydrogen) atoms. The Hall–Kier alpha value is -2.82. The van der Waals surface area contributed by atoms with E-state index in [2.05, 4.69) is 17.4 Å². The number of nitrogens with zero attached hydrogens (tertiary/aromatic N) is 1. The lowest BCUT2D eigenvalue weighted by atomic mass is 10.0. The number of nitrogens with one attached hydrogen (secondary N) is 1. The van der Waals surface area contributed by atoms with Crippen LogP contribution in [0, 0.1) is 0 Å². The van der Waals surface area contributed by atoms with Crippen molar-refractivity contribution in [3.8, 4) is 5.75 Å². The largest absolute Gasteiger partial charge is 0.491 e. The Bertz CT molecular complexity index is 789. The SMILES string of the molecule is CC(=O)N1CCOc2ccc(CCC(=O)NCCc3ccccc3)cc2C1. The van der Waals surface area contributed by atoms with E-state index in [0.29, 0.717) is 39.1 Å². The molecule has 0 radical (unpaired) electrons. The summed E-state index contributed by atoms with van der Waals surface area (Å²) in [5, 5.41) is 2.98. The molecule has 1 heterocycles. The maximum Gasteiger partial charge on any atom is 0.220 e. The molecule has 5 nitrogen and oxygen atoms in total. The third kappa shape index (κ3) is 5.58. The Kier molecular flexibility index (Phi) is 6.47. The molecule has 3 rings (SSSR count). The van der Waals surface area contributed by atoms with Crippen LogP contribution < -0.4 is 10.1 Å². The van der Waals surface area contributed by atoms with E-state index in [1.165, 1.54) is 5.56 Å². The minimum atomic E-state index is 0.0506. The zero-order chi connectivity index (χ0) is 19.1. The quantitative estimate of drug-likeness (QED) is 0.855. The second kappa shape index (κ2) is 9.21. The van der Waals surface area contributed by atoms with E-state index < -0.39 is 0 Å². The lowest BCUT2D eigenvalue weighted by Crippen LogP contribution is -2.30. The Morgan fingerprint density at radius 3 is 2.67 bits per heavy atom. The van der Waals surface area contributed by atoms with Crippen molar-refractivity contribution in [2.24, 2.45) is 0 Å². The lowest BCUT2D eigenvalue weighted by Gasteiger charge is -2.17. The number of carbonyl (C=O) groups excluding carboxylic acids is 2. The van der Waals surface area contributed by atoms with Crippen molar-refractivity contribution in [1.82, 2.24) is 10.2 Å². The van der Waals surface area contributed by atoms with Gasteiger partial charge in [-0.05, 0) is 30.0 Å². The fourth-order valence-electron chi connectivity index (χ4n) is 3.21. The molecular formula is C22H26N2O3. The molecular weight excluding hydrogens is 340 g/mol. The van der Waals surface area contributed by atoms with Crippen LogP contribution in [0.2, 0.25) is 0 Å². The standard InChI is InChI=1S/C22H26N2O3/c1-17(25)24-13-14-27-21-9-7-19(15-20(21)16-24)8-10-22(26)23-12-11-18-5-3-2-4-6-18/h2-7,9,15H,8,10-14,16H2,1H3,(H,23,26). The first-order valence-electron chi connectivity index (χ1n) is 9.42. The molecule has 0 fully saturated rings. The Morgan fingerprint density at radius 1 is 1.07 bits per heavy atom. The van der Waals surface area contributed by atoms with Gasteiger partial charge >= 0.3 is 0 Å². The van der Waals surface area contributed by atoms with Crippen LogP contribution in [0.25, 0.3) is 0 Å². The van der Waals surface area contributed by atoms with Crippen molar-refractivity contribution in [2.75, 3.05) is 19.7 Å². The summed E-state index contributed by atoms with van der Waals surface area (Å²) >= 11 is 0. The van der Waals surface area contributed by atoms with Crippen molar-refractivity contribution < 1.29 is 14.3 Å².